The number of hydrogen-bond acceptors (Lipinski definition) is 7. The van der Waals surface area contributed by atoms with E-state index in [2.05, 4.69) is 39.3 Å². The second-order valence-corrected chi connectivity index (χ2v) is 6.14. The van der Waals surface area contributed by atoms with Gasteiger partial charge >= 0.3 is 0 Å². The SMILES string of the molecule is CSc1nc(NN)cc(N(C)CC2CCN(C)CC2)n1. The maximum atomic E-state index is 5.47. The summed E-state index contributed by atoms with van der Waals surface area (Å²) in [7, 11) is 4.28. The van der Waals surface area contributed by atoms with Crippen molar-refractivity contribution in [2.45, 2.75) is 18.0 Å². The average molecular weight is 296 g/mol. The molecule has 1 aliphatic heterocycles. The minimum Gasteiger partial charge on any atom is -0.359 e. The summed E-state index contributed by atoms with van der Waals surface area (Å²) < 4.78 is 0. The van der Waals surface area contributed by atoms with Crippen LogP contribution in [0.25, 0.3) is 0 Å². The lowest BCUT2D eigenvalue weighted by atomic mass is 9.97. The lowest BCUT2D eigenvalue weighted by molar-refractivity contribution is 0.222. The number of aromatic nitrogens is 2. The lowest BCUT2D eigenvalue weighted by Crippen LogP contribution is -2.36. The standard InChI is InChI=1S/C13H24N6S/c1-18-6-4-10(5-7-18)9-19(2)12-8-11(17-14)15-13(16-12)20-3/h8,10H,4-7,9,14H2,1-3H3,(H,15,16,17). The van der Waals surface area contributed by atoms with Gasteiger partial charge in [-0.15, -0.1) is 0 Å². The second-order valence-electron chi connectivity index (χ2n) is 5.37. The van der Waals surface area contributed by atoms with Gasteiger partial charge in [0.15, 0.2) is 5.16 Å². The van der Waals surface area contributed by atoms with Gasteiger partial charge in [0.2, 0.25) is 0 Å². The summed E-state index contributed by atoms with van der Waals surface area (Å²) in [6.07, 6.45) is 4.48. The van der Waals surface area contributed by atoms with E-state index in [0.717, 1.165) is 23.4 Å². The summed E-state index contributed by atoms with van der Waals surface area (Å²) in [5.41, 5.74) is 2.61. The quantitative estimate of drug-likeness (QED) is 0.367. The molecular weight excluding hydrogens is 272 g/mol. The third kappa shape index (κ3) is 3.97. The van der Waals surface area contributed by atoms with E-state index in [1.807, 2.05) is 12.3 Å². The number of nitrogens with one attached hydrogen (secondary N) is 1. The van der Waals surface area contributed by atoms with E-state index in [1.165, 1.54) is 37.7 Å². The second kappa shape index (κ2) is 7.10. The van der Waals surface area contributed by atoms with E-state index in [4.69, 9.17) is 5.84 Å². The Morgan fingerprint density at radius 1 is 1.45 bits per heavy atom. The summed E-state index contributed by atoms with van der Waals surface area (Å²) in [6.45, 7) is 3.41. The molecule has 20 heavy (non-hydrogen) atoms. The van der Waals surface area contributed by atoms with Gasteiger partial charge in [-0.2, -0.15) is 0 Å². The average Bonchev–Trinajstić information content (AvgIpc) is 2.48. The molecule has 3 N–H and O–H groups in total. The topological polar surface area (TPSA) is 70.3 Å². The zero-order valence-corrected chi connectivity index (χ0v) is 13.3. The van der Waals surface area contributed by atoms with Crippen LogP contribution in [-0.4, -0.2) is 54.9 Å². The molecule has 0 aliphatic carbocycles. The Balaban J connectivity index is 2.02. The first-order chi connectivity index (χ1) is 9.62. The number of nitrogens with zero attached hydrogens (tertiary/aromatic N) is 4. The first-order valence-corrected chi connectivity index (χ1v) is 8.14. The van der Waals surface area contributed by atoms with Gasteiger partial charge in [-0.1, -0.05) is 11.8 Å². The van der Waals surface area contributed by atoms with Gasteiger partial charge in [0, 0.05) is 19.7 Å². The largest absolute Gasteiger partial charge is 0.359 e. The Labute approximate surface area is 125 Å². The van der Waals surface area contributed by atoms with Crippen LogP contribution in [0.4, 0.5) is 11.6 Å². The fraction of sp³-hybridized carbons (Fsp3) is 0.692. The number of nitrogen functional groups attached to an aromatic ring is 1. The Hall–Kier alpha value is -1.05. The van der Waals surface area contributed by atoms with Crippen LogP contribution in [-0.2, 0) is 0 Å². The number of anilines is 2. The van der Waals surface area contributed by atoms with E-state index in [0.29, 0.717) is 5.82 Å². The molecule has 0 aromatic carbocycles. The van der Waals surface area contributed by atoms with Crippen LogP contribution in [0.1, 0.15) is 12.8 Å². The van der Waals surface area contributed by atoms with Crippen LogP contribution < -0.4 is 16.2 Å². The van der Waals surface area contributed by atoms with Crippen molar-refractivity contribution in [1.82, 2.24) is 14.9 Å². The Kier molecular flexibility index (Phi) is 5.45. The molecule has 6 nitrogen and oxygen atoms in total. The van der Waals surface area contributed by atoms with Gasteiger partial charge in [0.1, 0.15) is 11.6 Å². The molecule has 1 fully saturated rings. The van der Waals surface area contributed by atoms with Gasteiger partial charge in [-0.05, 0) is 45.2 Å². The van der Waals surface area contributed by atoms with Crippen LogP contribution in [0, 0.1) is 5.92 Å². The number of nitrogens with two attached hydrogens (primary N) is 1. The third-order valence-corrected chi connectivity index (χ3v) is 4.33. The number of piperidine rings is 1. The minimum atomic E-state index is 0.662. The number of likely N-dealkylation sites (tertiary alicyclic amines) is 1. The van der Waals surface area contributed by atoms with E-state index in [-0.39, 0.29) is 0 Å². The molecule has 0 bridgehead atoms. The van der Waals surface area contributed by atoms with Gasteiger partial charge in [-0.25, -0.2) is 15.8 Å². The highest BCUT2D eigenvalue weighted by Gasteiger charge is 2.19. The molecule has 112 valence electrons. The maximum absolute atomic E-state index is 5.47. The van der Waals surface area contributed by atoms with Gasteiger partial charge in [-0.3, -0.25) is 0 Å². The Morgan fingerprint density at radius 2 is 2.15 bits per heavy atom. The van der Waals surface area contributed by atoms with Crippen molar-refractivity contribution in [1.29, 1.82) is 0 Å². The normalized spacial score (nSPS) is 17.2. The molecule has 7 heteroatoms. The van der Waals surface area contributed by atoms with Crippen molar-refractivity contribution in [2.24, 2.45) is 11.8 Å². The number of thioether (sulfide) groups is 1. The van der Waals surface area contributed by atoms with E-state index in [1.54, 1.807) is 0 Å². The summed E-state index contributed by atoms with van der Waals surface area (Å²) >= 11 is 1.53. The highest BCUT2D eigenvalue weighted by molar-refractivity contribution is 7.98. The molecule has 0 saturated carbocycles. The van der Waals surface area contributed by atoms with Crippen LogP contribution in [0.3, 0.4) is 0 Å². The smallest absolute Gasteiger partial charge is 0.191 e. The highest BCUT2D eigenvalue weighted by Crippen LogP contribution is 2.22. The molecule has 1 saturated heterocycles. The van der Waals surface area contributed by atoms with Crippen LogP contribution >= 0.6 is 11.8 Å². The van der Waals surface area contributed by atoms with Crippen molar-refractivity contribution in [3.8, 4) is 0 Å². The highest BCUT2D eigenvalue weighted by atomic mass is 32.2. The van der Waals surface area contributed by atoms with Crippen molar-refractivity contribution in [2.75, 3.05) is 50.3 Å². The number of rotatable bonds is 5. The molecule has 2 rings (SSSR count). The van der Waals surface area contributed by atoms with Crippen molar-refractivity contribution in [3.05, 3.63) is 6.07 Å². The van der Waals surface area contributed by atoms with E-state index in [9.17, 15) is 0 Å². The monoisotopic (exact) mass is 296 g/mol. The molecule has 0 amide bonds. The molecule has 0 unspecified atom stereocenters. The van der Waals surface area contributed by atoms with E-state index < -0.39 is 0 Å². The van der Waals surface area contributed by atoms with Gasteiger partial charge in [0.05, 0.1) is 0 Å². The summed E-state index contributed by atoms with van der Waals surface area (Å²) in [5.74, 6) is 7.79. The molecule has 1 aromatic rings. The maximum Gasteiger partial charge on any atom is 0.191 e. The van der Waals surface area contributed by atoms with E-state index >= 15 is 0 Å². The zero-order chi connectivity index (χ0) is 14.5. The predicted octanol–water partition coefficient (Wildman–Crippen LogP) is 1.26. The molecule has 1 aliphatic rings. The van der Waals surface area contributed by atoms with Crippen LogP contribution in [0.5, 0.6) is 0 Å². The summed E-state index contributed by atoms with van der Waals surface area (Å²) in [4.78, 5) is 13.4. The molecule has 0 spiro atoms. The third-order valence-electron chi connectivity index (χ3n) is 3.78. The first kappa shape index (κ1) is 15.3. The first-order valence-electron chi connectivity index (χ1n) is 6.91. The number of hydrazine groups is 1. The van der Waals surface area contributed by atoms with Crippen LogP contribution in [0.15, 0.2) is 11.2 Å². The van der Waals surface area contributed by atoms with Crippen molar-refractivity contribution >= 4 is 23.4 Å². The van der Waals surface area contributed by atoms with Crippen LogP contribution in [0.2, 0.25) is 0 Å². The fourth-order valence-corrected chi connectivity index (χ4v) is 2.87. The predicted molar refractivity (Wildman–Crippen MR) is 85.1 cm³/mol. The van der Waals surface area contributed by atoms with Crippen molar-refractivity contribution < 1.29 is 0 Å². The minimum absolute atomic E-state index is 0.662. The lowest BCUT2D eigenvalue weighted by Gasteiger charge is -2.32. The Bertz CT molecular complexity index is 411. The molecule has 0 radical (unpaired) electrons. The van der Waals surface area contributed by atoms with Gasteiger partial charge in [0.25, 0.3) is 0 Å². The number of hydrogen-bond donors (Lipinski definition) is 2. The molecule has 2 heterocycles. The molecule has 0 atom stereocenters. The van der Waals surface area contributed by atoms with Crippen molar-refractivity contribution in [3.63, 3.8) is 0 Å². The molecule has 1 aromatic heterocycles. The summed E-state index contributed by atoms with van der Waals surface area (Å²) in [6, 6.07) is 1.90. The summed E-state index contributed by atoms with van der Waals surface area (Å²) in [5, 5.41) is 0.741. The zero-order valence-electron chi connectivity index (χ0n) is 12.5. The fourth-order valence-electron chi connectivity index (χ4n) is 2.50. The van der Waals surface area contributed by atoms with Gasteiger partial charge < -0.3 is 15.2 Å². The molecular formula is C13H24N6S. The Morgan fingerprint density at radius 3 is 2.75 bits per heavy atom.